The van der Waals surface area contributed by atoms with Crippen LogP contribution in [0.15, 0.2) is 515 Å². The van der Waals surface area contributed by atoms with E-state index in [1.165, 1.54) is 0 Å². The van der Waals surface area contributed by atoms with Crippen LogP contribution in [0.3, 0.4) is 0 Å². The fourth-order valence-electron chi connectivity index (χ4n) is 18.3. The summed E-state index contributed by atoms with van der Waals surface area (Å²) in [6.07, 6.45) is 0. The molecule has 0 aliphatic heterocycles. The average molecular weight is 1750 g/mol. The summed E-state index contributed by atoms with van der Waals surface area (Å²) in [5.74, 6) is 2.30. The van der Waals surface area contributed by atoms with Crippen molar-refractivity contribution >= 4 is 113 Å². The molecule has 642 valence electrons. The van der Waals surface area contributed by atoms with Crippen LogP contribution < -0.4 is 19.6 Å². The number of para-hydroxylation sites is 9. The number of anilines is 12. The maximum absolute atomic E-state index is 6.75. The van der Waals surface area contributed by atoms with Crippen molar-refractivity contribution in [2.45, 2.75) is 0 Å². The second kappa shape index (κ2) is 35.4. The third-order valence-corrected chi connectivity index (χ3v) is 25.2. The van der Waals surface area contributed by atoms with Gasteiger partial charge >= 0.3 is 0 Å². The van der Waals surface area contributed by atoms with Gasteiger partial charge in [0.1, 0.15) is 22.1 Å². The Kier molecular flexibility index (Phi) is 21.0. The lowest BCUT2D eigenvalue weighted by Crippen LogP contribution is -2.10. The molecule has 0 fully saturated rings. The number of fused-ring (bicyclic) bond motifs is 4. The molecular weight excluding hydrogens is 1670 g/mol. The minimum atomic E-state index is 0.535. The van der Waals surface area contributed by atoms with E-state index < -0.39 is 0 Å². The van der Waals surface area contributed by atoms with Gasteiger partial charge in [-0.2, -0.15) is 0 Å². The van der Waals surface area contributed by atoms with Gasteiger partial charge in [0, 0.05) is 90.5 Å². The first-order chi connectivity index (χ1) is 67.3. The largest absolute Gasteiger partial charge is 0.436 e. The molecule has 0 saturated heterocycles. The molecule has 24 rings (SSSR count). The quantitative estimate of drug-likeness (QED) is 0.0607. The zero-order valence-corrected chi connectivity index (χ0v) is 73.6. The maximum Gasteiger partial charge on any atom is 0.227 e. The normalized spacial score (nSPS) is 11.4. The van der Waals surface area contributed by atoms with E-state index in [0.717, 1.165) is 207 Å². The van der Waals surface area contributed by atoms with Crippen molar-refractivity contribution in [3.05, 3.63) is 497 Å². The third kappa shape index (κ3) is 16.2. The number of nitrogens with zero attached hydrogens (tertiary/aromatic N) is 8. The van der Waals surface area contributed by atoms with Crippen LogP contribution in [0.2, 0.25) is 0 Å². The molecule has 24 aromatic rings. The van der Waals surface area contributed by atoms with Crippen molar-refractivity contribution in [1.29, 1.82) is 0 Å². The second-order valence-electron chi connectivity index (χ2n) is 33.8. The zero-order chi connectivity index (χ0) is 90.2. The van der Waals surface area contributed by atoms with Crippen molar-refractivity contribution in [3.63, 3.8) is 0 Å². The van der Waals surface area contributed by atoms with E-state index in [2.05, 4.69) is 438 Å². The Labute approximate surface area is 785 Å². The lowest BCUT2D eigenvalue weighted by atomic mass is 9.95. The first kappa shape index (κ1) is 80.8. The molecule has 0 spiro atoms. The molecule has 0 bridgehead atoms. The Morgan fingerprint density at radius 2 is 0.301 bits per heavy atom. The van der Waals surface area contributed by atoms with Crippen LogP contribution in [-0.2, 0) is 0 Å². The van der Waals surface area contributed by atoms with Crippen LogP contribution in [0.5, 0.6) is 0 Å². The van der Waals surface area contributed by atoms with Gasteiger partial charge in [-0.15, -0.1) is 0 Å². The van der Waals surface area contributed by atoms with E-state index in [-0.39, 0.29) is 0 Å². The molecule has 0 saturated carbocycles. The molecule has 0 radical (unpaired) electrons. The summed E-state index contributed by atoms with van der Waals surface area (Å²) in [6, 6.07) is 174. The van der Waals surface area contributed by atoms with Crippen LogP contribution in [-0.4, -0.2) is 19.9 Å². The molecule has 12 heteroatoms. The average Bonchev–Trinajstić information content (AvgIpc) is 0.871. The molecule has 4 heterocycles. The predicted molar refractivity (Wildman–Crippen MR) is 555 cm³/mol. The van der Waals surface area contributed by atoms with Crippen molar-refractivity contribution in [1.82, 2.24) is 19.9 Å². The summed E-state index contributed by atoms with van der Waals surface area (Å²) in [4.78, 5) is 28.6. The van der Waals surface area contributed by atoms with E-state index in [0.29, 0.717) is 29.1 Å². The van der Waals surface area contributed by atoms with E-state index in [9.17, 15) is 0 Å². The second-order valence-corrected chi connectivity index (χ2v) is 33.8. The van der Waals surface area contributed by atoms with Crippen molar-refractivity contribution in [3.8, 4) is 124 Å². The highest BCUT2D eigenvalue weighted by molar-refractivity contribution is 5.91. The predicted octanol–water partition coefficient (Wildman–Crippen LogP) is 34.5. The molecule has 0 amide bonds. The highest BCUT2D eigenvalue weighted by Gasteiger charge is 2.24. The Morgan fingerprint density at radius 3 is 0.574 bits per heavy atom. The first-order valence-corrected chi connectivity index (χ1v) is 45.5. The Balaban J connectivity index is 0.468. The number of oxazole rings is 4. The number of benzene rings is 20. The van der Waals surface area contributed by atoms with Gasteiger partial charge in [0.05, 0.1) is 0 Å². The van der Waals surface area contributed by atoms with E-state index >= 15 is 0 Å². The van der Waals surface area contributed by atoms with Crippen molar-refractivity contribution in [2.24, 2.45) is 0 Å². The molecule has 136 heavy (non-hydrogen) atoms. The molecule has 0 N–H and O–H groups in total. The molecule has 0 unspecified atom stereocenters. The number of hydrogen-bond donors (Lipinski definition) is 0. The molecule has 20 aromatic carbocycles. The summed E-state index contributed by atoms with van der Waals surface area (Å²) >= 11 is 0. The van der Waals surface area contributed by atoms with E-state index in [1.54, 1.807) is 0 Å². The smallest absolute Gasteiger partial charge is 0.227 e. The monoisotopic (exact) mass is 1750 g/mol. The first-order valence-electron chi connectivity index (χ1n) is 45.5. The van der Waals surface area contributed by atoms with Gasteiger partial charge in [-0.25, -0.2) is 19.9 Å². The van der Waals surface area contributed by atoms with Crippen LogP contribution in [0.25, 0.3) is 168 Å². The zero-order valence-electron chi connectivity index (χ0n) is 73.6. The van der Waals surface area contributed by atoms with Gasteiger partial charge in [0.2, 0.25) is 23.6 Å². The van der Waals surface area contributed by atoms with Gasteiger partial charge in [-0.1, -0.05) is 243 Å². The summed E-state index contributed by atoms with van der Waals surface area (Å²) < 4.78 is 25.3. The highest BCUT2D eigenvalue weighted by atomic mass is 16.4. The van der Waals surface area contributed by atoms with E-state index in [4.69, 9.17) is 37.6 Å². The topological polar surface area (TPSA) is 117 Å². The summed E-state index contributed by atoms with van der Waals surface area (Å²) in [5.41, 5.74) is 37.5. The molecule has 0 aliphatic rings. The van der Waals surface area contributed by atoms with Gasteiger partial charge < -0.3 is 37.3 Å². The molecular formula is C124H82N8O4. The highest BCUT2D eigenvalue weighted by Crippen LogP contribution is 2.46. The van der Waals surface area contributed by atoms with Gasteiger partial charge in [-0.3, -0.25) is 0 Å². The van der Waals surface area contributed by atoms with Crippen LogP contribution in [0.4, 0.5) is 68.2 Å². The summed E-state index contributed by atoms with van der Waals surface area (Å²) in [7, 11) is 0. The molecule has 0 aliphatic carbocycles. The van der Waals surface area contributed by atoms with Gasteiger partial charge in [0.15, 0.2) is 22.3 Å². The lowest BCUT2D eigenvalue weighted by molar-refractivity contribution is 0.619. The van der Waals surface area contributed by atoms with Crippen molar-refractivity contribution in [2.75, 3.05) is 19.6 Å². The minimum Gasteiger partial charge on any atom is -0.436 e. The molecule has 4 aromatic heterocycles. The Morgan fingerprint density at radius 1 is 0.118 bits per heavy atom. The summed E-state index contributed by atoms with van der Waals surface area (Å²) in [6.45, 7) is 0. The SMILES string of the molecule is c1ccc(N(c2ccc(-c3ccc(-c4ccc(-c5ccc(N(c6ccc(-c7nc8ccccc8o7)cc6)c6cccc(-c7ccc8nc(-c9ccc(N(c%10ccccc%10)c%10cccc(-c%11cccc(-c%12cccc(-c%13cccc(N(c%14ccccc%14)c%14ccc(-c%15nc%16ccccc%16o%15)cc%14)c%13)c%12)c%11)c%10)cc9)oc8c7)c6)cc5)cc4)cc3)cc2)c2ccc(-c3nc4ccccc4o3)cc2)cc1. The molecule has 0 atom stereocenters. The standard InChI is InChI=1S/C124H82N8O4/c1-4-28-101(29-5-1)129(105-68-55-89(56-69-105)121-125-113-37-10-13-40-117(113)133-121)104-64-51-87(52-65-104)85-47-43-83(44-48-85)84-45-49-86(50-46-84)88-53-66-106(67-54-88)132(109-74-59-91(60-75-109)123-127-115-39-12-15-42-119(115)135-123)112-36-20-27-99(81-112)100-63-76-116-120(82-100)136-124(128-116)92-61-72-108(73-62-92)131(103-32-8-3-9-33-103)111-35-19-26-98(80-111)96-24-17-22-94(78-96)93-21-16-23-95(77-93)97-25-18-34-110(79-97)130(102-30-6-2-7-31-102)107-70-57-90(58-71-107)122-126-114-38-11-14-41-118(114)134-122/h1-82H. The fourth-order valence-corrected chi connectivity index (χ4v) is 18.3. The Hall–Kier alpha value is -18.5. The van der Waals surface area contributed by atoms with Crippen molar-refractivity contribution < 1.29 is 17.7 Å². The minimum absolute atomic E-state index is 0.535. The lowest BCUT2D eigenvalue weighted by Gasteiger charge is -2.26. The van der Waals surface area contributed by atoms with E-state index in [1.807, 2.05) is 78.9 Å². The Bertz CT molecular complexity index is 8340. The number of rotatable bonds is 23. The van der Waals surface area contributed by atoms with Crippen LogP contribution in [0, 0.1) is 0 Å². The maximum atomic E-state index is 6.75. The molecule has 12 nitrogen and oxygen atoms in total. The van der Waals surface area contributed by atoms with Gasteiger partial charge in [0.25, 0.3) is 0 Å². The van der Waals surface area contributed by atoms with Crippen LogP contribution in [0.1, 0.15) is 0 Å². The number of hydrogen-bond acceptors (Lipinski definition) is 12. The fraction of sp³-hybridized carbons (Fsp3) is 0. The van der Waals surface area contributed by atoms with Crippen LogP contribution >= 0.6 is 0 Å². The van der Waals surface area contributed by atoms with Gasteiger partial charge in [-0.05, 0) is 333 Å². The summed E-state index contributed by atoms with van der Waals surface area (Å²) in [5, 5.41) is 0. The number of aromatic nitrogens is 4. The third-order valence-electron chi connectivity index (χ3n) is 25.2.